The number of aryl methyl sites for hydroxylation is 2. The average Bonchev–Trinajstić information content (AvgIpc) is 2.39. The predicted molar refractivity (Wildman–Crippen MR) is 67.4 cm³/mol. The Morgan fingerprint density at radius 2 is 1.95 bits per heavy atom. The molecule has 0 bridgehead atoms. The highest BCUT2D eigenvalue weighted by atomic mass is 19.1. The van der Waals surface area contributed by atoms with Crippen molar-refractivity contribution >= 4 is 0 Å². The number of hydrogen-bond acceptors (Lipinski definition) is 4. The molecule has 0 amide bonds. The zero-order valence-electron chi connectivity index (χ0n) is 10.9. The molecule has 0 radical (unpaired) electrons. The molecule has 4 nitrogen and oxygen atoms in total. The standard InChI is InChI=1S/C14H12FN3O/c1-8-4-5-11(6-13(8)15)19-14-12(7-16)9(2)10(3)17-18-14/h4-6H,1-3H3. The molecule has 19 heavy (non-hydrogen) atoms. The Bertz CT molecular complexity index is 677. The number of halogens is 1. The van der Waals surface area contributed by atoms with Crippen LogP contribution in [0.5, 0.6) is 11.6 Å². The number of nitrogens with zero attached hydrogens (tertiary/aromatic N) is 3. The Labute approximate surface area is 110 Å². The lowest BCUT2D eigenvalue weighted by atomic mass is 10.1. The van der Waals surface area contributed by atoms with Gasteiger partial charge in [-0.3, -0.25) is 0 Å². The fourth-order valence-corrected chi connectivity index (χ4v) is 1.54. The van der Waals surface area contributed by atoms with E-state index in [9.17, 15) is 4.39 Å². The number of nitriles is 1. The van der Waals surface area contributed by atoms with Crippen LogP contribution in [0.25, 0.3) is 0 Å². The maximum Gasteiger partial charge on any atom is 0.257 e. The Balaban J connectivity index is 2.41. The normalized spacial score (nSPS) is 10.1. The highest BCUT2D eigenvalue weighted by Crippen LogP contribution is 2.26. The van der Waals surface area contributed by atoms with Crippen LogP contribution >= 0.6 is 0 Å². The lowest BCUT2D eigenvalue weighted by molar-refractivity contribution is 0.447. The van der Waals surface area contributed by atoms with E-state index in [4.69, 9.17) is 10.00 Å². The van der Waals surface area contributed by atoms with Crippen LogP contribution in [-0.4, -0.2) is 10.2 Å². The zero-order valence-corrected chi connectivity index (χ0v) is 10.9. The minimum absolute atomic E-state index is 0.0915. The van der Waals surface area contributed by atoms with Crippen LogP contribution in [0.15, 0.2) is 18.2 Å². The molecule has 2 aromatic rings. The first-order chi connectivity index (χ1) is 9.02. The van der Waals surface area contributed by atoms with Gasteiger partial charge in [0.25, 0.3) is 5.88 Å². The summed E-state index contributed by atoms with van der Waals surface area (Å²) in [6.45, 7) is 5.19. The van der Waals surface area contributed by atoms with Gasteiger partial charge in [-0.2, -0.15) is 10.4 Å². The topological polar surface area (TPSA) is 58.8 Å². The molecular weight excluding hydrogens is 245 g/mol. The zero-order chi connectivity index (χ0) is 14.0. The first-order valence-electron chi connectivity index (χ1n) is 5.71. The van der Waals surface area contributed by atoms with Gasteiger partial charge in [0, 0.05) is 6.07 Å². The van der Waals surface area contributed by atoms with Crippen molar-refractivity contribution in [2.45, 2.75) is 20.8 Å². The molecule has 0 saturated heterocycles. The fourth-order valence-electron chi connectivity index (χ4n) is 1.54. The smallest absolute Gasteiger partial charge is 0.257 e. The number of aromatic nitrogens is 2. The molecule has 0 N–H and O–H groups in total. The summed E-state index contributed by atoms with van der Waals surface area (Å²) >= 11 is 0. The van der Waals surface area contributed by atoms with E-state index in [1.54, 1.807) is 32.9 Å². The molecule has 0 aliphatic carbocycles. The van der Waals surface area contributed by atoms with Crippen LogP contribution < -0.4 is 4.74 Å². The third-order valence-electron chi connectivity index (χ3n) is 2.89. The van der Waals surface area contributed by atoms with Gasteiger partial charge >= 0.3 is 0 Å². The lowest BCUT2D eigenvalue weighted by Crippen LogP contribution is -2.00. The van der Waals surface area contributed by atoms with Gasteiger partial charge in [0.15, 0.2) is 0 Å². The van der Waals surface area contributed by atoms with Crippen LogP contribution in [0.1, 0.15) is 22.4 Å². The summed E-state index contributed by atoms with van der Waals surface area (Å²) in [5.74, 6) is 0.0128. The number of ether oxygens (including phenoxy) is 1. The van der Waals surface area contributed by atoms with Crippen molar-refractivity contribution in [2.24, 2.45) is 0 Å². The van der Waals surface area contributed by atoms with Crippen LogP contribution in [-0.2, 0) is 0 Å². The van der Waals surface area contributed by atoms with Gasteiger partial charge in [-0.15, -0.1) is 5.10 Å². The van der Waals surface area contributed by atoms with Gasteiger partial charge in [-0.25, -0.2) is 4.39 Å². The molecule has 96 valence electrons. The molecule has 0 aliphatic rings. The minimum Gasteiger partial charge on any atom is -0.436 e. The van der Waals surface area contributed by atoms with Gasteiger partial charge < -0.3 is 4.74 Å². The molecule has 1 aromatic carbocycles. The van der Waals surface area contributed by atoms with E-state index in [0.717, 1.165) is 0 Å². The highest BCUT2D eigenvalue weighted by Gasteiger charge is 2.13. The van der Waals surface area contributed by atoms with Crippen molar-refractivity contribution in [3.05, 3.63) is 46.4 Å². The molecule has 1 aromatic heterocycles. The maximum absolute atomic E-state index is 13.4. The van der Waals surface area contributed by atoms with Crippen LogP contribution in [0.3, 0.4) is 0 Å². The van der Waals surface area contributed by atoms with Gasteiger partial charge in [-0.1, -0.05) is 6.07 Å². The Hall–Kier alpha value is -2.48. The minimum atomic E-state index is -0.368. The number of rotatable bonds is 2. The largest absolute Gasteiger partial charge is 0.436 e. The van der Waals surface area contributed by atoms with Crippen molar-refractivity contribution in [3.8, 4) is 17.7 Å². The van der Waals surface area contributed by atoms with Crippen LogP contribution in [0.2, 0.25) is 0 Å². The van der Waals surface area contributed by atoms with E-state index in [1.807, 2.05) is 6.07 Å². The van der Waals surface area contributed by atoms with Gasteiger partial charge in [0.2, 0.25) is 0 Å². The van der Waals surface area contributed by atoms with E-state index in [-0.39, 0.29) is 17.4 Å². The van der Waals surface area contributed by atoms with Crippen molar-refractivity contribution in [3.63, 3.8) is 0 Å². The first kappa shape index (κ1) is 13.0. The van der Waals surface area contributed by atoms with Crippen LogP contribution in [0.4, 0.5) is 4.39 Å². The summed E-state index contributed by atoms with van der Waals surface area (Å²) in [5, 5.41) is 16.9. The Kier molecular flexibility index (Phi) is 3.43. The van der Waals surface area contributed by atoms with Gasteiger partial charge in [0.05, 0.1) is 5.69 Å². The van der Waals surface area contributed by atoms with Crippen molar-refractivity contribution in [2.75, 3.05) is 0 Å². The third-order valence-corrected chi connectivity index (χ3v) is 2.89. The summed E-state index contributed by atoms with van der Waals surface area (Å²) in [4.78, 5) is 0. The number of benzene rings is 1. The Morgan fingerprint density at radius 1 is 1.21 bits per heavy atom. The molecule has 0 saturated carbocycles. The highest BCUT2D eigenvalue weighted by molar-refractivity contribution is 5.46. The maximum atomic E-state index is 13.4. The number of hydrogen-bond donors (Lipinski definition) is 0. The molecule has 0 atom stereocenters. The third kappa shape index (κ3) is 2.52. The van der Waals surface area contributed by atoms with Gasteiger partial charge in [0.1, 0.15) is 23.2 Å². The Morgan fingerprint density at radius 3 is 2.58 bits per heavy atom. The van der Waals surface area contributed by atoms with Crippen molar-refractivity contribution in [1.29, 1.82) is 5.26 Å². The second-order valence-electron chi connectivity index (χ2n) is 4.22. The van der Waals surface area contributed by atoms with E-state index in [0.29, 0.717) is 22.4 Å². The molecule has 5 heteroatoms. The second-order valence-corrected chi connectivity index (χ2v) is 4.22. The summed E-state index contributed by atoms with van der Waals surface area (Å²) < 4.78 is 18.9. The molecule has 0 aliphatic heterocycles. The predicted octanol–water partition coefficient (Wildman–Crippen LogP) is 3.20. The molecule has 0 fully saturated rings. The summed E-state index contributed by atoms with van der Waals surface area (Å²) in [6.07, 6.45) is 0. The quantitative estimate of drug-likeness (QED) is 0.828. The monoisotopic (exact) mass is 257 g/mol. The van der Waals surface area contributed by atoms with E-state index < -0.39 is 0 Å². The second kappa shape index (κ2) is 5.02. The van der Waals surface area contributed by atoms with Crippen LogP contribution in [0, 0.1) is 37.9 Å². The summed E-state index contributed by atoms with van der Waals surface area (Å²) in [5.41, 5.74) is 2.21. The van der Waals surface area contributed by atoms with Gasteiger partial charge in [-0.05, 0) is 38.0 Å². The van der Waals surface area contributed by atoms with Crippen molar-refractivity contribution in [1.82, 2.24) is 10.2 Å². The first-order valence-corrected chi connectivity index (χ1v) is 5.71. The van der Waals surface area contributed by atoms with E-state index >= 15 is 0 Å². The van der Waals surface area contributed by atoms with Crippen molar-refractivity contribution < 1.29 is 9.13 Å². The molecule has 0 unspecified atom stereocenters. The fraction of sp³-hybridized carbons (Fsp3) is 0.214. The van der Waals surface area contributed by atoms with E-state index in [2.05, 4.69) is 10.2 Å². The summed E-state index contributed by atoms with van der Waals surface area (Å²) in [7, 11) is 0. The molecule has 1 heterocycles. The average molecular weight is 257 g/mol. The van der Waals surface area contributed by atoms with E-state index in [1.165, 1.54) is 6.07 Å². The lowest BCUT2D eigenvalue weighted by Gasteiger charge is -2.09. The molecular formula is C14H12FN3O. The summed E-state index contributed by atoms with van der Waals surface area (Å²) in [6, 6.07) is 6.51. The SMILES string of the molecule is Cc1ccc(Oc2nnc(C)c(C)c2C#N)cc1F. The molecule has 0 spiro atoms. The molecule has 2 rings (SSSR count).